The number of carbonyl (C=O) groups excluding carboxylic acids is 1. The molecule has 1 heterocycles. The molecule has 1 N–H and O–H groups in total. The molecule has 9 heteroatoms. The molecule has 1 fully saturated rings. The van der Waals surface area contributed by atoms with Gasteiger partial charge in [0.1, 0.15) is 5.75 Å². The fraction of sp³-hybridized carbons (Fsp3) is 0.333. The van der Waals surface area contributed by atoms with Crippen LogP contribution in [0.15, 0.2) is 58.5 Å². The molecule has 0 bridgehead atoms. The van der Waals surface area contributed by atoms with E-state index >= 15 is 0 Å². The van der Waals surface area contributed by atoms with Gasteiger partial charge in [-0.15, -0.1) is 0 Å². The molecule has 2 aromatic rings. The topological polar surface area (TPSA) is 88.1 Å². The molecular weight excluding hydrogens is 426 g/mol. The number of nitrogens with one attached hydrogen (secondary N) is 1. The van der Waals surface area contributed by atoms with Crippen molar-refractivity contribution in [2.24, 2.45) is 11.0 Å². The smallest absolute Gasteiger partial charge is 0.243 e. The molecule has 1 aliphatic rings. The minimum absolute atomic E-state index is 0.202. The molecule has 0 unspecified atom stereocenters. The quantitative estimate of drug-likeness (QED) is 0.541. The van der Waals surface area contributed by atoms with E-state index in [1.165, 1.54) is 16.4 Å². The Bertz CT molecular complexity index is 1010. The number of hydrogen-bond donors (Lipinski definition) is 1. The highest BCUT2D eigenvalue weighted by Crippen LogP contribution is 2.25. The predicted molar refractivity (Wildman–Crippen MR) is 116 cm³/mol. The van der Waals surface area contributed by atoms with Gasteiger partial charge in [-0.3, -0.25) is 4.79 Å². The molecule has 1 saturated heterocycles. The highest BCUT2D eigenvalue weighted by Gasteiger charge is 2.32. The molecule has 0 aliphatic carbocycles. The first-order chi connectivity index (χ1) is 14.3. The van der Waals surface area contributed by atoms with Crippen molar-refractivity contribution in [3.8, 4) is 5.75 Å². The molecular formula is C21H24ClN3O4S. The number of benzene rings is 2. The minimum Gasteiger partial charge on any atom is -0.497 e. The molecule has 7 nitrogen and oxygen atoms in total. The van der Waals surface area contributed by atoms with Gasteiger partial charge in [0, 0.05) is 24.0 Å². The molecule has 160 valence electrons. The lowest BCUT2D eigenvalue weighted by Gasteiger charge is -2.30. The third-order valence-corrected chi connectivity index (χ3v) is 7.28. The molecule has 2 aromatic carbocycles. The first-order valence-electron chi connectivity index (χ1n) is 9.55. The number of carbonyl (C=O) groups is 1. The van der Waals surface area contributed by atoms with Crippen molar-refractivity contribution in [1.82, 2.24) is 9.73 Å². The summed E-state index contributed by atoms with van der Waals surface area (Å²) in [6.45, 7) is 2.37. The first-order valence-corrected chi connectivity index (χ1v) is 11.4. The van der Waals surface area contributed by atoms with Crippen molar-refractivity contribution in [2.45, 2.75) is 24.7 Å². The van der Waals surface area contributed by atoms with Gasteiger partial charge in [-0.05, 0) is 73.9 Å². The summed E-state index contributed by atoms with van der Waals surface area (Å²) in [7, 11) is -1.99. The highest BCUT2D eigenvalue weighted by atomic mass is 35.5. The van der Waals surface area contributed by atoms with E-state index in [4.69, 9.17) is 16.3 Å². The Kier molecular flexibility index (Phi) is 7.12. The van der Waals surface area contributed by atoms with Gasteiger partial charge in [0.2, 0.25) is 15.9 Å². The van der Waals surface area contributed by atoms with E-state index in [-0.39, 0.29) is 29.8 Å². The Morgan fingerprint density at radius 2 is 1.70 bits per heavy atom. The number of methoxy groups -OCH3 is 1. The number of piperidine rings is 1. The van der Waals surface area contributed by atoms with Crippen LogP contribution in [-0.4, -0.2) is 44.5 Å². The summed E-state index contributed by atoms with van der Waals surface area (Å²) in [4.78, 5) is 12.7. The molecule has 3 rings (SSSR count). The van der Waals surface area contributed by atoms with E-state index < -0.39 is 10.0 Å². The van der Waals surface area contributed by atoms with Crippen LogP contribution in [-0.2, 0) is 14.8 Å². The first kappa shape index (κ1) is 22.3. The number of amides is 1. The zero-order valence-corrected chi connectivity index (χ0v) is 18.4. The maximum Gasteiger partial charge on any atom is 0.243 e. The summed E-state index contributed by atoms with van der Waals surface area (Å²) in [5, 5.41) is 4.66. The van der Waals surface area contributed by atoms with Crippen LogP contribution < -0.4 is 10.2 Å². The van der Waals surface area contributed by atoms with Crippen molar-refractivity contribution in [1.29, 1.82) is 0 Å². The van der Waals surface area contributed by atoms with E-state index in [2.05, 4.69) is 10.5 Å². The molecule has 0 saturated carbocycles. The number of halogens is 1. The van der Waals surface area contributed by atoms with Gasteiger partial charge in [0.25, 0.3) is 0 Å². The third kappa shape index (κ3) is 5.19. The van der Waals surface area contributed by atoms with Crippen LogP contribution in [0.2, 0.25) is 5.02 Å². The Morgan fingerprint density at radius 3 is 2.27 bits per heavy atom. The van der Waals surface area contributed by atoms with Crippen LogP contribution >= 0.6 is 11.6 Å². The second-order valence-corrected chi connectivity index (χ2v) is 9.41. The van der Waals surface area contributed by atoms with Crippen molar-refractivity contribution in [3.63, 3.8) is 0 Å². The van der Waals surface area contributed by atoms with Gasteiger partial charge in [0.15, 0.2) is 0 Å². The molecule has 1 aliphatic heterocycles. The van der Waals surface area contributed by atoms with Crippen molar-refractivity contribution in [2.75, 3.05) is 20.2 Å². The summed E-state index contributed by atoms with van der Waals surface area (Å²) < 4.78 is 32.0. The van der Waals surface area contributed by atoms with Crippen LogP contribution in [0, 0.1) is 5.92 Å². The number of rotatable bonds is 6. The standard InChI is InChI=1S/C21H24ClN3O4S/c1-15(16-3-7-19(29-2)8-4-16)23-24-21(26)17-11-13-25(14-12-17)30(27,28)20-9-5-18(22)6-10-20/h3-10,17H,11-14H2,1-2H3,(H,24,26). The molecule has 0 atom stereocenters. The monoisotopic (exact) mass is 449 g/mol. The van der Waals surface area contributed by atoms with E-state index in [1.807, 2.05) is 31.2 Å². The minimum atomic E-state index is -3.59. The van der Waals surface area contributed by atoms with Gasteiger partial charge in [-0.25, -0.2) is 13.8 Å². The maximum atomic E-state index is 12.7. The Balaban J connectivity index is 1.56. The number of hydrazone groups is 1. The summed E-state index contributed by atoms with van der Waals surface area (Å²) in [6.07, 6.45) is 0.880. The molecule has 0 spiro atoms. The highest BCUT2D eigenvalue weighted by molar-refractivity contribution is 7.89. The van der Waals surface area contributed by atoms with E-state index in [0.29, 0.717) is 23.6 Å². The second kappa shape index (κ2) is 9.59. The Morgan fingerprint density at radius 1 is 1.10 bits per heavy atom. The van der Waals surface area contributed by atoms with Gasteiger partial charge >= 0.3 is 0 Å². The van der Waals surface area contributed by atoms with Crippen molar-refractivity contribution >= 4 is 33.2 Å². The van der Waals surface area contributed by atoms with Crippen LogP contribution in [0.5, 0.6) is 5.75 Å². The third-order valence-electron chi connectivity index (χ3n) is 5.12. The maximum absolute atomic E-state index is 12.7. The summed E-state index contributed by atoms with van der Waals surface area (Å²) >= 11 is 5.84. The van der Waals surface area contributed by atoms with Gasteiger partial charge < -0.3 is 4.74 Å². The zero-order chi connectivity index (χ0) is 21.7. The van der Waals surface area contributed by atoms with Crippen LogP contribution in [0.4, 0.5) is 0 Å². The van der Waals surface area contributed by atoms with Gasteiger partial charge in [0.05, 0.1) is 17.7 Å². The van der Waals surface area contributed by atoms with Gasteiger partial charge in [-0.2, -0.15) is 9.41 Å². The Hall–Kier alpha value is -2.42. The fourth-order valence-corrected chi connectivity index (χ4v) is 4.84. The van der Waals surface area contributed by atoms with E-state index in [1.54, 1.807) is 19.2 Å². The van der Waals surface area contributed by atoms with Crippen molar-refractivity contribution < 1.29 is 17.9 Å². The average Bonchev–Trinajstić information content (AvgIpc) is 2.77. The van der Waals surface area contributed by atoms with E-state index in [9.17, 15) is 13.2 Å². The lowest BCUT2D eigenvalue weighted by Crippen LogP contribution is -2.42. The fourth-order valence-electron chi connectivity index (χ4n) is 3.24. The summed E-state index contributed by atoms with van der Waals surface area (Å²) in [5.74, 6) is 0.261. The zero-order valence-electron chi connectivity index (χ0n) is 16.8. The largest absolute Gasteiger partial charge is 0.497 e. The molecule has 0 radical (unpaired) electrons. The normalized spacial score (nSPS) is 16.3. The van der Waals surface area contributed by atoms with Gasteiger partial charge in [-0.1, -0.05) is 11.6 Å². The van der Waals surface area contributed by atoms with E-state index in [0.717, 1.165) is 11.3 Å². The number of ether oxygens (including phenoxy) is 1. The van der Waals surface area contributed by atoms with Crippen LogP contribution in [0.3, 0.4) is 0 Å². The van der Waals surface area contributed by atoms with Crippen LogP contribution in [0.1, 0.15) is 25.3 Å². The van der Waals surface area contributed by atoms with Crippen LogP contribution in [0.25, 0.3) is 0 Å². The number of sulfonamides is 1. The Labute approximate surface area is 181 Å². The number of hydrogen-bond acceptors (Lipinski definition) is 5. The molecule has 30 heavy (non-hydrogen) atoms. The second-order valence-electron chi connectivity index (χ2n) is 7.03. The number of nitrogens with zero attached hydrogens (tertiary/aromatic N) is 2. The summed E-state index contributed by atoms with van der Waals surface area (Å²) in [5.41, 5.74) is 4.16. The summed E-state index contributed by atoms with van der Waals surface area (Å²) in [6, 6.07) is 13.5. The average molecular weight is 450 g/mol. The SMILES string of the molecule is COc1ccc(C(C)=NNC(=O)C2CCN(S(=O)(=O)c3ccc(Cl)cc3)CC2)cc1. The predicted octanol–water partition coefficient (Wildman–Crippen LogP) is 3.29. The molecule has 1 amide bonds. The lowest BCUT2D eigenvalue weighted by atomic mass is 9.98. The molecule has 0 aromatic heterocycles. The lowest BCUT2D eigenvalue weighted by molar-refractivity contribution is -0.126. The van der Waals surface area contributed by atoms with Crippen molar-refractivity contribution in [3.05, 3.63) is 59.1 Å².